The lowest BCUT2D eigenvalue weighted by molar-refractivity contribution is -0.887. The number of ether oxygens (including phenoxy) is 1. The number of aliphatic hydroxyl groups is 1. The number of Topliss-reactive ketones (excluding diaryl/α,β-unsaturated/α-hetero) is 1. The number of carbonyl (C=O) groups excluding carboxylic acids is 1. The van der Waals surface area contributed by atoms with Gasteiger partial charge < -0.3 is 24.8 Å². The average Bonchev–Trinajstić information content (AvgIpc) is 2.85. The predicted molar refractivity (Wildman–Crippen MR) is 80.0 cm³/mol. The third-order valence-corrected chi connectivity index (χ3v) is 6.21. The molecule has 6 nitrogen and oxygen atoms in total. The molecule has 1 aromatic carbocycles. The minimum atomic E-state index is -0.816. The van der Waals surface area contributed by atoms with Crippen LogP contribution in [0.2, 0.25) is 0 Å². The number of rotatable bonds is 0. The highest BCUT2D eigenvalue weighted by Gasteiger charge is 2.69. The number of carbonyl (C=O) groups is 1. The topological polar surface area (TPSA) is 89.8 Å². The maximum absolute atomic E-state index is 13.0. The Hall–Kier alpha value is -1.89. The summed E-state index contributed by atoms with van der Waals surface area (Å²) in [6, 6.07) is 2.30. The Bertz CT molecular complexity index is 785. The van der Waals surface area contributed by atoms with Crippen molar-refractivity contribution in [2.45, 2.75) is 30.1 Å². The second kappa shape index (κ2) is 3.77. The summed E-state index contributed by atoms with van der Waals surface area (Å²) in [7, 11) is 1.55. The van der Waals surface area contributed by atoms with Crippen LogP contribution in [0.1, 0.15) is 22.3 Å². The van der Waals surface area contributed by atoms with Gasteiger partial charge in [0.1, 0.15) is 12.2 Å². The van der Waals surface area contributed by atoms with Crippen LogP contribution in [0.3, 0.4) is 0 Å². The first-order valence-corrected chi connectivity index (χ1v) is 7.88. The molecule has 6 atom stereocenters. The van der Waals surface area contributed by atoms with Crippen LogP contribution >= 0.6 is 0 Å². The lowest BCUT2D eigenvalue weighted by Gasteiger charge is -2.60. The van der Waals surface area contributed by atoms with E-state index in [0.29, 0.717) is 29.8 Å². The first-order chi connectivity index (χ1) is 10.9. The number of likely N-dealkylation sites (N-methyl/N-ethyl adjacent to an activating group) is 1. The van der Waals surface area contributed by atoms with Crippen molar-refractivity contribution in [3.8, 4) is 11.5 Å². The Morgan fingerprint density at radius 1 is 1.39 bits per heavy atom. The summed E-state index contributed by atoms with van der Waals surface area (Å²) in [6.07, 6.45) is 2.58. The van der Waals surface area contributed by atoms with Gasteiger partial charge in [-0.1, -0.05) is 12.2 Å². The first-order valence-electron chi connectivity index (χ1n) is 7.88. The molecule has 5 rings (SSSR count). The smallest absolute Gasteiger partial charge is 0.221 e. The number of aromatic hydroxyl groups is 1. The van der Waals surface area contributed by atoms with Gasteiger partial charge in [-0.3, -0.25) is 4.79 Å². The van der Waals surface area contributed by atoms with Crippen LogP contribution in [0.5, 0.6) is 11.5 Å². The van der Waals surface area contributed by atoms with E-state index in [1.807, 2.05) is 6.08 Å². The molecule has 23 heavy (non-hydrogen) atoms. The fourth-order valence-corrected chi connectivity index (χ4v) is 5.25. The molecule has 0 amide bonds. The molecule has 2 aliphatic carbocycles. The van der Waals surface area contributed by atoms with Gasteiger partial charge in [0, 0.05) is 17.5 Å². The molecule has 1 saturated heterocycles. The van der Waals surface area contributed by atoms with Crippen LogP contribution in [0.25, 0.3) is 0 Å². The van der Waals surface area contributed by atoms with Crippen LogP contribution in [0.4, 0.5) is 0 Å². The van der Waals surface area contributed by atoms with E-state index in [9.17, 15) is 20.2 Å². The van der Waals surface area contributed by atoms with E-state index < -0.39 is 28.3 Å². The molecule has 2 N–H and O–H groups in total. The largest absolute Gasteiger partial charge is 0.632 e. The molecule has 2 heterocycles. The quantitative estimate of drug-likeness (QED) is 0.421. The number of hydrogen-bond acceptors (Lipinski definition) is 5. The average molecular weight is 315 g/mol. The van der Waals surface area contributed by atoms with Crippen LogP contribution in [-0.4, -0.2) is 52.5 Å². The zero-order chi connectivity index (χ0) is 16.1. The van der Waals surface area contributed by atoms with Gasteiger partial charge in [-0.05, 0) is 12.1 Å². The maximum atomic E-state index is 13.0. The Morgan fingerprint density at radius 3 is 2.96 bits per heavy atom. The summed E-state index contributed by atoms with van der Waals surface area (Å²) in [5, 5.41) is 33.5. The number of piperidine rings is 1. The molecule has 2 aliphatic heterocycles. The van der Waals surface area contributed by atoms with Gasteiger partial charge in [0.25, 0.3) is 0 Å². The van der Waals surface area contributed by atoms with Crippen LogP contribution in [0.15, 0.2) is 24.3 Å². The highest BCUT2D eigenvalue weighted by Crippen LogP contribution is 2.63. The number of hydrogen-bond donors (Lipinski definition) is 2. The van der Waals surface area contributed by atoms with Crippen LogP contribution < -0.4 is 4.74 Å². The van der Waals surface area contributed by atoms with Gasteiger partial charge >= 0.3 is 0 Å². The molecule has 0 aromatic heterocycles. The number of ketones is 1. The Kier molecular flexibility index (Phi) is 2.22. The first kappa shape index (κ1) is 13.5. The normalized spacial score (nSPS) is 45.6. The van der Waals surface area contributed by atoms with Crippen molar-refractivity contribution in [1.82, 2.24) is 0 Å². The summed E-state index contributed by atoms with van der Waals surface area (Å²) >= 11 is 0. The molecule has 0 radical (unpaired) electrons. The second-order valence-corrected chi connectivity index (χ2v) is 7.27. The Labute approximate surface area is 132 Å². The maximum Gasteiger partial charge on any atom is 0.221 e. The van der Waals surface area contributed by atoms with Crippen molar-refractivity contribution in [2.24, 2.45) is 5.92 Å². The molecule has 6 heteroatoms. The number of nitrogens with zero attached hydrogens (tertiary/aromatic N) is 1. The minimum absolute atomic E-state index is 0.0188. The second-order valence-electron chi connectivity index (χ2n) is 7.27. The molecule has 1 aromatic rings. The molecular formula is C17H17NO5. The van der Waals surface area contributed by atoms with Crippen molar-refractivity contribution >= 4 is 5.78 Å². The summed E-state index contributed by atoms with van der Waals surface area (Å²) < 4.78 is 5.32. The van der Waals surface area contributed by atoms with E-state index in [0.717, 1.165) is 0 Å². The SMILES string of the molecule is C[N+]1([O-])CC[C@]23c4c5ccc(O)c4O[C@H]2[C@@H](O)C=C[C@H]3[C@H]1C5=O. The van der Waals surface area contributed by atoms with Gasteiger partial charge in [0.15, 0.2) is 17.5 Å². The standard InChI is InChI=1S/C17H17NO5/c1-18(22)7-6-17-9-3-5-11(20)16(17)23-15-10(19)4-2-8(12(15)17)14(21)13(9)18/h2-5,9,11,13,16,19-20H,6-7H2,1H3/t9-,11-,13-,16-,17-,18?/m0/s1. The number of phenolic OH excluding ortho intramolecular Hbond substituents is 1. The Balaban J connectivity index is 1.89. The van der Waals surface area contributed by atoms with Crippen molar-refractivity contribution < 1.29 is 24.4 Å². The highest BCUT2D eigenvalue weighted by molar-refractivity contribution is 6.04. The number of aliphatic hydroxyl groups excluding tert-OH is 1. The molecule has 1 fully saturated rings. The van der Waals surface area contributed by atoms with Crippen molar-refractivity contribution in [1.29, 1.82) is 0 Å². The monoisotopic (exact) mass is 315 g/mol. The number of phenols is 1. The fourth-order valence-electron chi connectivity index (χ4n) is 5.25. The van der Waals surface area contributed by atoms with Crippen LogP contribution in [-0.2, 0) is 5.41 Å². The summed E-state index contributed by atoms with van der Waals surface area (Å²) in [4.78, 5) is 13.0. The molecular weight excluding hydrogens is 298 g/mol. The number of quaternary nitrogens is 1. The van der Waals surface area contributed by atoms with E-state index in [4.69, 9.17) is 4.74 Å². The van der Waals surface area contributed by atoms with Gasteiger partial charge in [0.2, 0.25) is 5.78 Å². The zero-order valence-electron chi connectivity index (χ0n) is 12.6. The third-order valence-electron chi connectivity index (χ3n) is 6.21. The zero-order valence-corrected chi connectivity index (χ0v) is 12.6. The van der Waals surface area contributed by atoms with E-state index in [2.05, 4.69) is 0 Å². The molecule has 4 aliphatic rings. The van der Waals surface area contributed by atoms with E-state index in [-0.39, 0.29) is 17.5 Å². The highest BCUT2D eigenvalue weighted by atomic mass is 16.5. The van der Waals surface area contributed by atoms with Gasteiger partial charge in [0.05, 0.1) is 24.9 Å². The Morgan fingerprint density at radius 2 is 2.17 bits per heavy atom. The lowest BCUT2D eigenvalue weighted by Crippen LogP contribution is -2.71. The van der Waals surface area contributed by atoms with Crippen LogP contribution in [0, 0.1) is 11.1 Å². The van der Waals surface area contributed by atoms with E-state index in [1.165, 1.54) is 6.07 Å². The van der Waals surface area contributed by atoms with E-state index >= 15 is 0 Å². The summed E-state index contributed by atoms with van der Waals surface area (Å²) in [6.45, 7) is 0.294. The number of benzene rings is 1. The molecule has 1 spiro atoms. The van der Waals surface area contributed by atoms with Crippen molar-refractivity contribution in [3.63, 3.8) is 0 Å². The minimum Gasteiger partial charge on any atom is -0.632 e. The molecule has 1 unspecified atom stereocenters. The summed E-state index contributed by atoms with van der Waals surface area (Å²) in [5.74, 6) is -0.219. The summed E-state index contributed by atoms with van der Waals surface area (Å²) in [5.41, 5.74) is 0.555. The molecule has 120 valence electrons. The molecule has 2 bridgehead atoms. The number of likely N-dealkylation sites (tertiary alicyclic amines) is 1. The number of hydroxylamine groups is 3. The van der Waals surface area contributed by atoms with E-state index in [1.54, 1.807) is 19.2 Å². The fraction of sp³-hybridized carbons (Fsp3) is 0.471. The van der Waals surface area contributed by atoms with Gasteiger partial charge in [-0.25, -0.2) is 0 Å². The van der Waals surface area contributed by atoms with Crippen molar-refractivity contribution in [3.05, 3.63) is 40.6 Å². The van der Waals surface area contributed by atoms with Gasteiger partial charge in [-0.2, -0.15) is 0 Å². The third kappa shape index (κ3) is 1.30. The lowest BCUT2D eigenvalue weighted by atomic mass is 9.53. The molecule has 0 saturated carbocycles. The predicted octanol–water partition coefficient (Wildman–Crippen LogP) is 0.851. The van der Waals surface area contributed by atoms with Gasteiger partial charge in [-0.15, -0.1) is 0 Å². The van der Waals surface area contributed by atoms with Crippen molar-refractivity contribution in [2.75, 3.05) is 13.6 Å².